The Morgan fingerprint density at radius 3 is 2.33 bits per heavy atom. The Labute approximate surface area is 113 Å². The summed E-state index contributed by atoms with van der Waals surface area (Å²) in [5.41, 5.74) is 0.369. The van der Waals surface area contributed by atoms with Crippen molar-refractivity contribution in [1.29, 1.82) is 0 Å². The van der Waals surface area contributed by atoms with Crippen molar-refractivity contribution in [2.24, 2.45) is 5.41 Å². The summed E-state index contributed by atoms with van der Waals surface area (Å²) in [5.74, 6) is 0.650. The highest BCUT2D eigenvalue weighted by molar-refractivity contribution is 7.91. The number of hydrogen-bond acceptors (Lipinski definition) is 3. The third kappa shape index (κ3) is 5.27. The molecule has 1 rings (SSSR count). The molecule has 0 aromatic rings. The SMILES string of the molecule is CCS(=O)(=O)CCCC1(CNC(C)C)CCCC1. The summed E-state index contributed by atoms with van der Waals surface area (Å²) in [4.78, 5) is 0. The molecule has 0 aliphatic heterocycles. The van der Waals surface area contributed by atoms with E-state index in [2.05, 4.69) is 19.2 Å². The second-order valence-corrected chi connectivity index (χ2v) is 8.56. The van der Waals surface area contributed by atoms with Crippen molar-refractivity contribution >= 4 is 9.84 Å². The van der Waals surface area contributed by atoms with Crippen LogP contribution in [-0.2, 0) is 9.84 Å². The summed E-state index contributed by atoms with van der Waals surface area (Å²) in [6, 6.07) is 0.516. The molecule has 1 aliphatic carbocycles. The van der Waals surface area contributed by atoms with Crippen LogP contribution in [0.15, 0.2) is 0 Å². The first-order valence-electron chi connectivity index (χ1n) is 7.33. The van der Waals surface area contributed by atoms with Gasteiger partial charge in [-0.3, -0.25) is 0 Å². The van der Waals surface area contributed by atoms with Crippen LogP contribution < -0.4 is 5.32 Å². The van der Waals surface area contributed by atoms with Gasteiger partial charge in [0.1, 0.15) is 9.84 Å². The van der Waals surface area contributed by atoms with Gasteiger partial charge in [-0.2, -0.15) is 0 Å². The summed E-state index contributed by atoms with van der Waals surface area (Å²) in [5, 5.41) is 3.54. The monoisotopic (exact) mass is 275 g/mol. The van der Waals surface area contributed by atoms with E-state index in [1.165, 1.54) is 25.7 Å². The lowest BCUT2D eigenvalue weighted by atomic mass is 9.81. The molecule has 0 heterocycles. The second kappa shape index (κ2) is 6.90. The average Bonchev–Trinajstić information content (AvgIpc) is 2.76. The van der Waals surface area contributed by atoms with Gasteiger partial charge in [-0.1, -0.05) is 33.6 Å². The lowest BCUT2D eigenvalue weighted by molar-refractivity contribution is 0.248. The van der Waals surface area contributed by atoms with Crippen LogP contribution in [0.25, 0.3) is 0 Å². The van der Waals surface area contributed by atoms with E-state index < -0.39 is 9.84 Å². The van der Waals surface area contributed by atoms with Crippen molar-refractivity contribution in [3.8, 4) is 0 Å². The van der Waals surface area contributed by atoms with Gasteiger partial charge in [0.2, 0.25) is 0 Å². The molecule has 108 valence electrons. The maximum Gasteiger partial charge on any atom is 0.150 e. The van der Waals surface area contributed by atoms with E-state index in [1.807, 2.05) is 0 Å². The molecule has 0 aromatic heterocycles. The Hall–Kier alpha value is -0.0900. The highest BCUT2D eigenvalue weighted by Gasteiger charge is 2.33. The molecule has 0 saturated heterocycles. The van der Waals surface area contributed by atoms with Crippen molar-refractivity contribution in [3.05, 3.63) is 0 Å². The van der Waals surface area contributed by atoms with Crippen molar-refractivity contribution in [2.45, 2.75) is 65.3 Å². The van der Waals surface area contributed by atoms with Gasteiger partial charge >= 0.3 is 0 Å². The molecule has 0 bridgehead atoms. The first kappa shape index (κ1) is 16.0. The van der Waals surface area contributed by atoms with Crippen LogP contribution in [0.4, 0.5) is 0 Å². The molecule has 0 radical (unpaired) electrons. The van der Waals surface area contributed by atoms with Gasteiger partial charge < -0.3 is 5.32 Å². The number of nitrogens with one attached hydrogen (secondary N) is 1. The van der Waals surface area contributed by atoms with Gasteiger partial charge in [0.05, 0.1) is 5.75 Å². The predicted molar refractivity (Wildman–Crippen MR) is 77.6 cm³/mol. The van der Waals surface area contributed by atoms with Crippen LogP contribution in [-0.4, -0.2) is 32.5 Å². The standard InChI is InChI=1S/C14H29NO2S/c1-4-18(16,17)11-7-10-14(8-5-6-9-14)12-15-13(2)3/h13,15H,4-12H2,1-3H3. The molecule has 0 spiro atoms. The highest BCUT2D eigenvalue weighted by atomic mass is 32.2. The topological polar surface area (TPSA) is 46.2 Å². The maximum atomic E-state index is 11.5. The minimum atomic E-state index is -2.79. The summed E-state index contributed by atoms with van der Waals surface area (Å²) in [6.07, 6.45) is 7.03. The molecule has 1 N–H and O–H groups in total. The second-order valence-electron chi connectivity index (χ2n) is 6.08. The molecule has 0 aromatic carbocycles. The Kier molecular flexibility index (Phi) is 6.12. The third-order valence-electron chi connectivity index (χ3n) is 4.15. The van der Waals surface area contributed by atoms with Crippen LogP contribution in [0.1, 0.15) is 59.3 Å². The van der Waals surface area contributed by atoms with Gasteiger partial charge in [-0.05, 0) is 31.1 Å². The molecule has 18 heavy (non-hydrogen) atoms. The fraction of sp³-hybridized carbons (Fsp3) is 1.00. The molecule has 3 nitrogen and oxygen atoms in total. The quantitative estimate of drug-likeness (QED) is 0.741. The van der Waals surface area contributed by atoms with E-state index in [0.29, 0.717) is 17.2 Å². The number of hydrogen-bond donors (Lipinski definition) is 1. The zero-order chi connectivity index (χ0) is 13.6. The van der Waals surface area contributed by atoms with Crippen molar-refractivity contribution < 1.29 is 8.42 Å². The fourth-order valence-corrected chi connectivity index (χ4v) is 3.75. The molecule has 0 unspecified atom stereocenters. The summed E-state index contributed by atoms with van der Waals surface area (Å²) in [7, 11) is -2.79. The predicted octanol–water partition coefficient (Wildman–Crippen LogP) is 2.76. The minimum Gasteiger partial charge on any atom is -0.314 e. The molecule has 1 aliphatic rings. The Balaban J connectivity index is 2.43. The third-order valence-corrected chi connectivity index (χ3v) is 5.94. The van der Waals surface area contributed by atoms with Gasteiger partial charge in [0.15, 0.2) is 0 Å². The Bertz CT molecular complexity index is 330. The average molecular weight is 275 g/mol. The van der Waals surface area contributed by atoms with E-state index in [1.54, 1.807) is 6.92 Å². The van der Waals surface area contributed by atoms with Crippen LogP contribution in [0.2, 0.25) is 0 Å². The van der Waals surface area contributed by atoms with Crippen molar-refractivity contribution in [2.75, 3.05) is 18.1 Å². The Morgan fingerprint density at radius 2 is 1.83 bits per heavy atom. The lowest BCUT2D eigenvalue weighted by Gasteiger charge is -2.30. The van der Waals surface area contributed by atoms with Gasteiger partial charge in [0.25, 0.3) is 0 Å². The van der Waals surface area contributed by atoms with Gasteiger partial charge in [-0.15, -0.1) is 0 Å². The number of rotatable bonds is 8. The Morgan fingerprint density at radius 1 is 1.22 bits per heavy atom. The smallest absolute Gasteiger partial charge is 0.150 e. The van der Waals surface area contributed by atoms with Crippen LogP contribution in [0.3, 0.4) is 0 Å². The maximum absolute atomic E-state index is 11.5. The molecular formula is C14H29NO2S. The van der Waals surface area contributed by atoms with E-state index >= 15 is 0 Å². The van der Waals surface area contributed by atoms with E-state index in [9.17, 15) is 8.42 Å². The van der Waals surface area contributed by atoms with E-state index in [0.717, 1.165) is 19.4 Å². The molecule has 4 heteroatoms. The van der Waals surface area contributed by atoms with Crippen LogP contribution in [0, 0.1) is 5.41 Å². The zero-order valence-electron chi connectivity index (χ0n) is 12.2. The largest absolute Gasteiger partial charge is 0.314 e. The first-order chi connectivity index (χ1) is 8.39. The summed E-state index contributed by atoms with van der Waals surface area (Å²) < 4.78 is 23.1. The van der Waals surface area contributed by atoms with Crippen molar-refractivity contribution in [3.63, 3.8) is 0 Å². The zero-order valence-corrected chi connectivity index (χ0v) is 13.0. The van der Waals surface area contributed by atoms with Gasteiger partial charge in [-0.25, -0.2) is 8.42 Å². The summed E-state index contributed by atoms with van der Waals surface area (Å²) in [6.45, 7) is 7.13. The fourth-order valence-electron chi connectivity index (χ4n) is 2.87. The molecule has 0 atom stereocenters. The van der Waals surface area contributed by atoms with Crippen LogP contribution >= 0.6 is 0 Å². The first-order valence-corrected chi connectivity index (χ1v) is 9.15. The molecule has 0 amide bonds. The lowest BCUT2D eigenvalue weighted by Crippen LogP contribution is -2.36. The van der Waals surface area contributed by atoms with E-state index in [-0.39, 0.29) is 5.75 Å². The molecule has 1 saturated carbocycles. The molecule has 1 fully saturated rings. The number of sulfone groups is 1. The van der Waals surface area contributed by atoms with Crippen LogP contribution in [0.5, 0.6) is 0 Å². The summed E-state index contributed by atoms with van der Waals surface area (Å²) >= 11 is 0. The van der Waals surface area contributed by atoms with E-state index in [4.69, 9.17) is 0 Å². The normalized spacial score (nSPS) is 19.6. The minimum absolute atomic E-state index is 0.282. The van der Waals surface area contributed by atoms with Crippen molar-refractivity contribution in [1.82, 2.24) is 5.32 Å². The highest BCUT2D eigenvalue weighted by Crippen LogP contribution is 2.41. The van der Waals surface area contributed by atoms with Gasteiger partial charge in [0, 0.05) is 18.3 Å². The molecular weight excluding hydrogens is 246 g/mol.